The first kappa shape index (κ1) is 13.0. The van der Waals surface area contributed by atoms with Gasteiger partial charge < -0.3 is 11.1 Å². The van der Waals surface area contributed by atoms with Crippen molar-refractivity contribution in [3.63, 3.8) is 0 Å². The van der Waals surface area contributed by atoms with E-state index in [1.807, 2.05) is 0 Å². The Kier molecular flexibility index (Phi) is 3.95. The normalized spacial score (nSPS) is 11.1. The Balaban J connectivity index is 3.04. The molecule has 0 spiro atoms. The molecular formula is C9H12BrN3O2S. The minimum atomic E-state index is -3.74. The fourth-order valence-corrected chi connectivity index (χ4v) is 1.82. The predicted molar refractivity (Wildman–Crippen MR) is 68.8 cm³/mol. The van der Waals surface area contributed by atoms with Gasteiger partial charge >= 0.3 is 0 Å². The second kappa shape index (κ2) is 4.86. The second-order valence-corrected chi connectivity index (χ2v) is 5.89. The molecule has 0 bridgehead atoms. The van der Waals surface area contributed by atoms with Crippen molar-refractivity contribution in [1.82, 2.24) is 0 Å². The highest BCUT2D eigenvalue weighted by molar-refractivity contribution is 9.11. The van der Waals surface area contributed by atoms with Crippen LogP contribution >= 0.6 is 15.9 Å². The zero-order chi connectivity index (χ0) is 12.3. The molecule has 0 saturated carbocycles. The lowest BCUT2D eigenvalue weighted by atomic mass is 10.3. The highest BCUT2D eigenvalue weighted by Crippen LogP contribution is 2.20. The molecule has 0 aliphatic rings. The molecule has 0 amide bonds. The van der Waals surface area contributed by atoms with Crippen molar-refractivity contribution in [3.05, 3.63) is 29.3 Å². The van der Waals surface area contributed by atoms with Gasteiger partial charge in [0.2, 0.25) is 10.0 Å². The van der Waals surface area contributed by atoms with Gasteiger partial charge in [-0.05, 0) is 18.2 Å². The van der Waals surface area contributed by atoms with Gasteiger partial charge in [-0.3, -0.25) is 0 Å². The molecule has 0 fully saturated rings. The molecule has 88 valence electrons. The van der Waals surface area contributed by atoms with Gasteiger partial charge in [-0.15, -0.1) is 0 Å². The summed E-state index contributed by atoms with van der Waals surface area (Å²) in [4.78, 5) is -0.0183. The Morgan fingerprint density at radius 1 is 1.44 bits per heavy atom. The van der Waals surface area contributed by atoms with E-state index in [2.05, 4.69) is 27.8 Å². The van der Waals surface area contributed by atoms with Gasteiger partial charge in [-0.2, -0.15) is 0 Å². The lowest BCUT2D eigenvalue weighted by molar-refractivity contribution is 0.598. The predicted octanol–water partition coefficient (Wildman–Crippen LogP) is 1.24. The first-order chi connectivity index (χ1) is 7.29. The molecule has 0 aliphatic heterocycles. The maximum Gasteiger partial charge on any atom is 0.238 e. The lowest BCUT2D eigenvalue weighted by Crippen LogP contribution is -2.13. The van der Waals surface area contributed by atoms with E-state index >= 15 is 0 Å². The first-order valence-corrected chi connectivity index (χ1v) is 6.63. The van der Waals surface area contributed by atoms with E-state index in [0.717, 1.165) is 4.48 Å². The van der Waals surface area contributed by atoms with Gasteiger partial charge in [0.15, 0.2) is 0 Å². The van der Waals surface area contributed by atoms with Crippen LogP contribution in [0.2, 0.25) is 0 Å². The van der Waals surface area contributed by atoms with Crippen molar-refractivity contribution >= 4 is 37.3 Å². The van der Waals surface area contributed by atoms with E-state index in [4.69, 9.17) is 10.9 Å². The quantitative estimate of drug-likeness (QED) is 0.729. The number of halogens is 1. The molecular weight excluding hydrogens is 294 g/mol. The second-order valence-electron chi connectivity index (χ2n) is 3.21. The number of anilines is 2. The number of rotatable bonds is 4. The molecule has 0 aromatic heterocycles. The van der Waals surface area contributed by atoms with Crippen LogP contribution in [0.15, 0.2) is 34.2 Å². The Labute approximate surface area is 103 Å². The van der Waals surface area contributed by atoms with E-state index in [0.29, 0.717) is 17.9 Å². The molecule has 0 heterocycles. The molecule has 1 rings (SSSR count). The summed E-state index contributed by atoms with van der Waals surface area (Å²) >= 11 is 3.18. The van der Waals surface area contributed by atoms with Gasteiger partial charge in [0, 0.05) is 22.4 Å². The van der Waals surface area contributed by atoms with Crippen molar-refractivity contribution in [2.45, 2.75) is 4.90 Å². The highest BCUT2D eigenvalue weighted by atomic mass is 79.9. The Morgan fingerprint density at radius 3 is 2.56 bits per heavy atom. The van der Waals surface area contributed by atoms with Gasteiger partial charge in [0.25, 0.3) is 0 Å². The summed E-state index contributed by atoms with van der Waals surface area (Å²) in [6.07, 6.45) is 0. The minimum Gasteiger partial charge on any atom is -0.399 e. The summed E-state index contributed by atoms with van der Waals surface area (Å²) < 4.78 is 23.0. The standard InChI is InChI=1S/C9H12BrN3O2S/c1-6(10)5-13-8-2-7(11)3-9(4-8)16(12,14)15/h2-4,13H,1,5,11H2,(H2,12,14,15). The fraction of sp³-hybridized carbons (Fsp3) is 0.111. The molecule has 16 heavy (non-hydrogen) atoms. The summed E-state index contributed by atoms with van der Waals surface area (Å²) in [7, 11) is -3.74. The monoisotopic (exact) mass is 305 g/mol. The van der Waals surface area contributed by atoms with Crippen LogP contribution in [0, 0.1) is 0 Å². The number of sulfonamides is 1. The van der Waals surface area contributed by atoms with Crippen LogP contribution < -0.4 is 16.2 Å². The molecule has 5 N–H and O–H groups in total. The van der Waals surface area contributed by atoms with Crippen molar-refractivity contribution in [2.24, 2.45) is 5.14 Å². The number of primary sulfonamides is 1. The fourth-order valence-electron chi connectivity index (χ4n) is 1.09. The van der Waals surface area contributed by atoms with E-state index in [-0.39, 0.29) is 4.90 Å². The Hall–Kier alpha value is -1.05. The van der Waals surface area contributed by atoms with Crippen LogP contribution in [0.4, 0.5) is 11.4 Å². The largest absolute Gasteiger partial charge is 0.399 e. The molecule has 0 atom stereocenters. The van der Waals surface area contributed by atoms with E-state index < -0.39 is 10.0 Å². The van der Waals surface area contributed by atoms with Crippen LogP contribution in [0.5, 0.6) is 0 Å². The third kappa shape index (κ3) is 3.84. The smallest absolute Gasteiger partial charge is 0.238 e. The van der Waals surface area contributed by atoms with E-state index in [9.17, 15) is 8.42 Å². The Morgan fingerprint density at radius 2 is 2.06 bits per heavy atom. The van der Waals surface area contributed by atoms with Crippen molar-refractivity contribution in [1.29, 1.82) is 0 Å². The SMILES string of the molecule is C=C(Br)CNc1cc(N)cc(S(N)(=O)=O)c1. The summed E-state index contributed by atoms with van der Waals surface area (Å²) in [6.45, 7) is 4.11. The molecule has 1 aromatic carbocycles. The van der Waals surface area contributed by atoms with Crippen LogP contribution in [0.25, 0.3) is 0 Å². The average Bonchev–Trinajstić information content (AvgIpc) is 2.12. The number of hydrogen-bond acceptors (Lipinski definition) is 4. The Bertz CT molecular complexity index is 513. The molecule has 5 nitrogen and oxygen atoms in total. The number of nitrogens with two attached hydrogens (primary N) is 2. The average molecular weight is 306 g/mol. The van der Waals surface area contributed by atoms with Gasteiger partial charge in [0.05, 0.1) is 4.90 Å². The third-order valence-electron chi connectivity index (χ3n) is 1.74. The van der Waals surface area contributed by atoms with Crippen LogP contribution in [-0.2, 0) is 10.0 Å². The van der Waals surface area contributed by atoms with E-state index in [1.165, 1.54) is 12.1 Å². The highest BCUT2D eigenvalue weighted by Gasteiger charge is 2.09. The molecule has 0 aliphatic carbocycles. The van der Waals surface area contributed by atoms with Crippen LogP contribution in [0.3, 0.4) is 0 Å². The first-order valence-electron chi connectivity index (χ1n) is 4.29. The lowest BCUT2D eigenvalue weighted by Gasteiger charge is -2.08. The van der Waals surface area contributed by atoms with Crippen LogP contribution in [-0.4, -0.2) is 15.0 Å². The molecule has 7 heteroatoms. The van der Waals surface area contributed by atoms with Gasteiger partial charge in [0.1, 0.15) is 0 Å². The minimum absolute atomic E-state index is 0.0183. The third-order valence-corrected chi connectivity index (χ3v) is 2.91. The summed E-state index contributed by atoms with van der Waals surface area (Å²) in [5, 5.41) is 7.96. The molecule has 0 radical (unpaired) electrons. The summed E-state index contributed by atoms with van der Waals surface area (Å²) in [5.74, 6) is 0. The van der Waals surface area contributed by atoms with Crippen molar-refractivity contribution in [3.8, 4) is 0 Å². The number of nitrogens with one attached hydrogen (secondary N) is 1. The summed E-state index contributed by atoms with van der Waals surface area (Å²) in [6, 6.07) is 4.34. The molecule has 0 saturated heterocycles. The van der Waals surface area contributed by atoms with Crippen molar-refractivity contribution < 1.29 is 8.42 Å². The number of benzene rings is 1. The summed E-state index contributed by atoms with van der Waals surface area (Å²) in [5.41, 5.74) is 6.47. The van der Waals surface area contributed by atoms with Gasteiger partial charge in [-0.25, -0.2) is 13.6 Å². The van der Waals surface area contributed by atoms with E-state index in [1.54, 1.807) is 6.07 Å². The number of nitrogen functional groups attached to an aromatic ring is 1. The molecule has 0 unspecified atom stereocenters. The van der Waals surface area contributed by atoms with Gasteiger partial charge in [-0.1, -0.05) is 22.5 Å². The van der Waals surface area contributed by atoms with Crippen LogP contribution in [0.1, 0.15) is 0 Å². The van der Waals surface area contributed by atoms with Crippen molar-refractivity contribution in [2.75, 3.05) is 17.6 Å². The maximum absolute atomic E-state index is 11.1. The molecule has 1 aromatic rings. The maximum atomic E-state index is 11.1. The number of hydrogen-bond donors (Lipinski definition) is 3. The topological polar surface area (TPSA) is 98.2 Å². The zero-order valence-electron chi connectivity index (χ0n) is 8.40. The zero-order valence-corrected chi connectivity index (χ0v) is 10.8.